The molecule has 1 saturated heterocycles. The Morgan fingerprint density at radius 1 is 1.50 bits per heavy atom. The Morgan fingerprint density at radius 3 is 2.75 bits per heavy atom. The number of amides is 1. The Morgan fingerprint density at radius 2 is 2.20 bits per heavy atom. The van der Waals surface area contributed by atoms with Crippen molar-refractivity contribution in [3.05, 3.63) is 39.4 Å². The van der Waals surface area contributed by atoms with Crippen molar-refractivity contribution in [2.24, 2.45) is 0 Å². The number of nitro groups is 1. The zero-order valence-corrected chi connectivity index (χ0v) is 11.4. The number of carbonyl (C=O) groups excluding carboxylic acids is 1. The third kappa shape index (κ3) is 2.50. The number of aryl methyl sites for hydroxylation is 1. The average molecular weight is 279 g/mol. The van der Waals surface area contributed by atoms with E-state index in [0.717, 1.165) is 0 Å². The van der Waals surface area contributed by atoms with Crippen LogP contribution < -0.4 is 5.32 Å². The van der Waals surface area contributed by atoms with Gasteiger partial charge in [0.05, 0.1) is 17.1 Å². The van der Waals surface area contributed by atoms with Crippen molar-refractivity contribution >= 4 is 11.6 Å². The molecule has 0 radical (unpaired) electrons. The molecule has 20 heavy (non-hydrogen) atoms. The van der Waals surface area contributed by atoms with Crippen molar-refractivity contribution in [3.8, 4) is 0 Å². The van der Waals surface area contributed by atoms with Crippen LogP contribution >= 0.6 is 0 Å². The molecule has 1 aliphatic rings. The van der Waals surface area contributed by atoms with Crippen LogP contribution in [-0.4, -0.2) is 53.1 Å². The van der Waals surface area contributed by atoms with Gasteiger partial charge in [0.15, 0.2) is 0 Å². The van der Waals surface area contributed by atoms with E-state index >= 15 is 0 Å². The summed E-state index contributed by atoms with van der Waals surface area (Å²) in [7, 11) is 1.55. The number of hydrogen-bond donors (Lipinski definition) is 2. The summed E-state index contributed by atoms with van der Waals surface area (Å²) in [4.78, 5) is 24.4. The minimum absolute atomic E-state index is 0.0825. The van der Waals surface area contributed by atoms with Gasteiger partial charge in [-0.25, -0.2) is 0 Å². The molecule has 0 unspecified atom stereocenters. The smallest absolute Gasteiger partial charge is 0.282 e. The van der Waals surface area contributed by atoms with Crippen molar-refractivity contribution in [3.63, 3.8) is 0 Å². The molecule has 0 spiro atoms. The minimum Gasteiger partial charge on any atom is -0.390 e. The van der Waals surface area contributed by atoms with Crippen LogP contribution in [0.2, 0.25) is 0 Å². The molecule has 0 saturated carbocycles. The summed E-state index contributed by atoms with van der Waals surface area (Å²) in [5, 5.41) is 23.9. The van der Waals surface area contributed by atoms with Crippen LogP contribution in [0.3, 0.4) is 0 Å². The van der Waals surface area contributed by atoms with E-state index < -0.39 is 16.9 Å². The Balaban J connectivity index is 2.36. The first kappa shape index (κ1) is 14.4. The number of rotatable bonds is 3. The fraction of sp³-hybridized carbons (Fsp3) is 0.462. The van der Waals surface area contributed by atoms with Crippen LogP contribution in [0.5, 0.6) is 0 Å². The highest BCUT2D eigenvalue weighted by molar-refractivity contribution is 5.99. The van der Waals surface area contributed by atoms with Crippen molar-refractivity contribution in [2.75, 3.05) is 20.1 Å². The molecule has 0 aliphatic carbocycles. The van der Waals surface area contributed by atoms with Crippen LogP contribution in [0, 0.1) is 17.0 Å². The van der Waals surface area contributed by atoms with E-state index in [0.29, 0.717) is 18.7 Å². The third-order valence-electron chi connectivity index (χ3n) is 3.63. The average Bonchev–Trinajstić information content (AvgIpc) is 2.83. The highest BCUT2D eigenvalue weighted by Crippen LogP contribution is 2.24. The van der Waals surface area contributed by atoms with Gasteiger partial charge >= 0.3 is 0 Å². The molecule has 1 aromatic carbocycles. The Hall–Kier alpha value is -1.99. The fourth-order valence-corrected chi connectivity index (χ4v) is 2.46. The topological polar surface area (TPSA) is 95.7 Å². The summed E-state index contributed by atoms with van der Waals surface area (Å²) in [5.41, 5.74) is 0.429. The van der Waals surface area contributed by atoms with Crippen LogP contribution in [0.4, 0.5) is 5.69 Å². The molecule has 108 valence electrons. The maximum Gasteiger partial charge on any atom is 0.282 e. The van der Waals surface area contributed by atoms with Gasteiger partial charge in [-0.2, -0.15) is 0 Å². The van der Waals surface area contributed by atoms with Crippen molar-refractivity contribution in [2.45, 2.75) is 19.1 Å². The molecule has 7 nitrogen and oxygen atoms in total. The first-order chi connectivity index (χ1) is 9.43. The molecular weight excluding hydrogens is 262 g/mol. The minimum atomic E-state index is -0.660. The maximum absolute atomic E-state index is 12.5. The van der Waals surface area contributed by atoms with Gasteiger partial charge in [0.25, 0.3) is 11.6 Å². The number of β-amino-alcohol motifs (C(OH)–C–C–N with tert-alkyl or cyclic N) is 1. The molecule has 1 heterocycles. The number of nitro benzene ring substituents is 1. The molecule has 2 N–H and O–H groups in total. The van der Waals surface area contributed by atoms with Gasteiger partial charge in [0, 0.05) is 26.2 Å². The SMILES string of the molecule is Cc1cccc([N+](=O)[O-])c1C(=O)N(C)[C@@H]1CNC[C@H]1O. The van der Waals surface area contributed by atoms with E-state index in [2.05, 4.69) is 5.32 Å². The number of aliphatic hydroxyl groups is 1. The first-order valence-electron chi connectivity index (χ1n) is 6.33. The second-order valence-corrected chi connectivity index (χ2v) is 4.94. The van der Waals surface area contributed by atoms with Gasteiger partial charge < -0.3 is 15.3 Å². The van der Waals surface area contributed by atoms with Crippen LogP contribution in [0.25, 0.3) is 0 Å². The number of carbonyl (C=O) groups is 1. The number of likely N-dealkylation sites (N-methyl/N-ethyl adjacent to an activating group) is 1. The molecule has 0 aromatic heterocycles. The largest absolute Gasteiger partial charge is 0.390 e. The maximum atomic E-state index is 12.5. The molecule has 2 atom stereocenters. The Labute approximate surface area is 116 Å². The molecule has 0 bridgehead atoms. The number of nitrogens with zero attached hydrogens (tertiary/aromatic N) is 2. The van der Waals surface area contributed by atoms with Crippen molar-refractivity contribution < 1.29 is 14.8 Å². The highest BCUT2D eigenvalue weighted by atomic mass is 16.6. The summed E-state index contributed by atoms with van der Waals surface area (Å²) < 4.78 is 0. The standard InChI is InChI=1S/C13H17N3O4/c1-8-4-3-5-9(16(19)20)12(8)13(18)15(2)10-6-14-7-11(10)17/h3-5,10-11,14,17H,6-7H2,1-2H3/t10-,11-/m1/s1. The summed E-state index contributed by atoms with van der Waals surface area (Å²) in [6, 6.07) is 4.16. The summed E-state index contributed by atoms with van der Waals surface area (Å²) >= 11 is 0. The predicted molar refractivity (Wildman–Crippen MR) is 72.6 cm³/mol. The number of hydrogen-bond acceptors (Lipinski definition) is 5. The van der Waals surface area contributed by atoms with Crippen molar-refractivity contribution in [1.82, 2.24) is 10.2 Å². The first-order valence-corrected chi connectivity index (χ1v) is 6.33. The lowest BCUT2D eigenvalue weighted by Crippen LogP contribution is -2.44. The monoisotopic (exact) mass is 279 g/mol. The van der Waals surface area contributed by atoms with Gasteiger partial charge in [-0.1, -0.05) is 12.1 Å². The normalized spacial score (nSPS) is 21.8. The quantitative estimate of drug-likeness (QED) is 0.613. The van der Waals surface area contributed by atoms with E-state index in [9.17, 15) is 20.0 Å². The third-order valence-corrected chi connectivity index (χ3v) is 3.63. The van der Waals surface area contributed by atoms with Crippen molar-refractivity contribution in [1.29, 1.82) is 0 Å². The summed E-state index contributed by atoms with van der Waals surface area (Å²) in [5.74, 6) is -0.442. The van der Waals surface area contributed by atoms with Gasteiger partial charge in [0.1, 0.15) is 5.56 Å². The molecule has 1 fully saturated rings. The molecule has 1 amide bonds. The van der Waals surface area contributed by atoms with Crippen LogP contribution in [0.1, 0.15) is 15.9 Å². The second kappa shape index (κ2) is 5.56. The lowest BCUT2D eigenvalue weighted by atomic mass is 10.0. The molecule has 1 aromatic rings. The summed E-state index contributed by atoms with van der Waals surface area (Å²) in [6.07, 6.45) is -0.660. The number of aliphatic hydroxyl groups excluding tert-OH is 1. The van der Waals surface area contributed by atoms with Gasteiger partial charge in [-0.3, -0.25) is 14.9 Å². The highest BCUT2D eigenvalue weighted by Gasteiger charge is 2.34. The second-order valence-electron chi connectivity index (χ2n) is 4.94. The lowest BCUT2D eigenvalue weighted by molar-refractivity contribution is -0.385. The fourth-order valence-electron chi connectivity index (χ4n) is 2.46. The molecule has 7 heteroatoms. The summed E-state index contributed by atoms with van der Waals surface area (Å²) in [6.45, 7) is 2.55. The zero-order chi connectivity index (χ0) is 14.9. The lowest BCUT2D eigenvalue weighted by Gasteiger charge is -2.26. The van der Waals surface area contributed by atoms with E-state index in [4.69, 9.17) is 0 Å². The van der Waals surface area contributed by atoms with Gasteiger partial charge in [-0.15, -0.1) is 0 Å². The Kier molecular flexibility index (Phi) is 4.01. The van der Waals surface area contributed by atoms with E-state index in [1.165, 1.54) is 11.0 Å². The van der Waals surface area contributed by atoms with Gasteiger partial charge in [0.2, 0.25) is 0 Å². The van der Waals surface area contributed by atoms with Gasteiger partial charge in [-0.05, 0) is 12.5 Å². The predicted octanol–water partition coefficient (Wildman–Crippen LogP) is 0.308. The van der Waals surface area contributed by atoms with Crippen LogP contribution in [0.15, 0.2) is 18.2 Å². The number of benzene rings is 1. The zero-order valence-electron chi connectivity index (χ0n) is 11.4. The number of nitrogens with one attached hydrogen (secondary N) is 1. The van der Waals surface area contributed by atoms with E-state index in [1.54, 1.807) is 26.1 Å². The van der Waals surface area contributed by atoms with E-state index in [-0.39, 0.29) is 17.3 Å². The molecule has 1 aliphatic heterocycles. The van der Waals surface area contributed by atoms with Crippen LogP contribution in [-0.2, 0) is 0 Å². The van der Waals surface area contributed by atoms with E-state index in [1.807, 2.05) is 0 Å². The Bertz CT molecular complexity index is 546. The molecule has 2 rings (SSSR count). The molecular formula is C13H17N3O4.